The molecule has 0 aliphatic heterocycles. The van der Waals surface area contributed by atoms with E-state index in [-0.39, 0.29) is 19.1 Å². The first-order chi connectivity index (χ1) is 16.9. The smallest absolute Gasteiger partial charge is 0.475 e. The number of benzene rings is 1. The van der Waals surface area contributed by atoms with E-state index in [1.54, 1.807) is 4.90 Å². The van der Waals surface area contributed by atoms with Gasteiger partial charge in [-0.3, -0.25) is 4.90 Å². The molecule has 1 unspecified atom stereocenters. The molecule has 1 aromatic carbocycles. The molecule has 0 radical (unpaired) electrons. The first kappa shape index (κ1) is 34.1. The maximum absolute atomic E-state index is 10.6. The van der Waals surface area contributed by atoms with Gasteiger partial charge in [-0.05, 0) is 24.9 Å². The highest BCUT2D eigenvalue weighted by atomic mass is 19.4. The van der Waals surface area contributed by atoms with Crippen molar-refractivity contribution in [1.82, 2.24) is 10.2 Å². The molecule has 0 bridgehead atoms. The summed E-state index contributed by atoms with van der Waals surface area (Å²) in [5.74, 6) is -2.76. The number of halogens is 3. The lowest BCUT2D eigenvalue weighted by molar-refractivity contribution is -0.192. The van der Waals surface area contributed by atoms with Crippen LogP contribution in [0, 0.1) is 0 Å². The summed E-state index contributed by atoms with van der Waals surface area (Å²) >= 11 is 0. The van der Waals surface area contributed by atoms with Crippen LogP contribution in [-0.2, 0) is 4.79 Å². The van der Waals surface area contributed by atoms with Crippen molar-refractivity contribution < 1.29 is 53.7 Å². The van der Waals surface area contributed by atoms with Gasteiger partial charge in [-0.25, -0.2) is 4.79 Å². The number of carboxylic acids is 1. The SMILES string of the molecule is NCCCC(NCCN(C[C@H](O)[C@H](O)CO)C[C@H](O)[C@H](O)CO)c1ccccc1.O=C(O)C(F)(F)F. The third-order valence-electron chi connectivity index (χ3n) is 5.11. The van der Waals surface area contributed by atoms with Crippen LogP contribution in [0.1, 0.15) is 24.4 Å². The molecule has 0 amide bonds. The predicted octanol–water partition coefficient (Wildman–Crippen LogP) is -1.58. The van der Waals surface area contributed by atoms with Gasteiger partial charge in [-0.1, -0.05) is 30.3 Å². The normalized spacial score (nSPS) is 16.0. The molecule has 0 spiro atoms. The van der Waals surface area contributed by atoms with Crippen LogP contribution in [0.4, 0.5) is 13.2 Å². The van der Waals surface area contributed by atoms with E-state index in [1.165, 1.54) is 0 Å². The number of aliphatic hydroxyl groups is 6. The minimum Gasteiger partial charge on any atom is -0.475 e. The standard InChI is InChI=1S/C20H37N3O6.C2HF3O2/c21-8-4-7-16(15-5-2-1-3-6-15)22-9-10-23(11-17(26)19(28)13-24)12-18(27)20(29)14-25;3-2(4,5)1(6)7/h1-3,5-6,16-20,22,24-29H,4,7-14,21H2;(H,6,7)/t16?,17-,18-,19+,20+;/m0./s1. The largest absolute Gasteiger partial charge is 0.490 e. The molecule has 5 atom stereocenters. The van der Waals surface area contributed by atoms with Crippen molar-refractivity contribution in [2.75, 3.05) is 45.9 Å². The topological polar surface area (TPSA) is 200 Å². The van der Waals surface area contributed by atoms with Gasteiger partial charge in [-0.2, -0.15) is 13.2 Å². The fourth-order valence-corrected chi connectivity index (χ4v) is 3.06. The molecule has 0 aliphatic carbocycles. The Hall–Kier alpha value is -1.88. The lowest BCUT2D eigenvalue weighted by Crippen LogP contribution is -2.48. The number of nitrogens with two attached hydrogens (primary N) is 1. The third-order valence-corrected chi connectivity index (χ3v) is 5.11. The Morgan fingerprint density at radius 1 is 0.944 bits per heavy atom. The number of aliphatic hydroxyl groups excluding tert-OH is 6. The van der Waals surface area contributed by atoms with Crippen molar-refractivity contribution in [3.8, 4) is 0 Å². The van der Waals surface area contributed by atoms with Gasteiger partial charge in [0.05, 0.1) is 25.4 Å². The summed E-state index contributed by atoms with van der Waals surface area (Å²) in [4.78, 5) is 10.6. The van der Waals surface area contributed by atoms with Gasteiger partial charge in [0.25, 0.3) is 0 Å². The molecular formula is C22H38F3N3O8. The molecule has 10 N–H and O–H groups in total. The summed E-state index contributed by atoms with van der Waals surface area (Å²) in [6.07, 6.45) is -8.38. The number of rotatable bonds is 16. The minimum absolute atomic E-state index is 0.00256. The van der Waals surface area contributed by atoms with Crippen LogP contribution in [0.25, 0.3) is 0 Å². The fourth-order valence-electron chi connectivity index (χ4n) is 3.06. The zero-order valence-electron chi connectivity index (χ0n) is 19.8. The molecule has 0 saturated heterocycles. The number of alkyl halides is 3. The molecular weight excluding hydrogens is 491 g/mol. The summed E-state index contributed by atoms with van der Waals surface area (Å²) < 4.78 is 31.7. The van der Waals surface area contributed by atoms with E-state index in [9.17, 15) is 33.6 Å². The van der Waals surface area contributed by atoms with E-state index in [1.807, 2.05) is 30.3 Å². The molecule has 14 heteroatoms. The van der Waals surface area contributed by atoms with Crippen LogP contribution in [0.15, 0.2) is 30.3 Å². The summed E-state index contributed by atoms with van der Waals surface area (Å²) in [5, 5.41) is 67.9. The molecule has 1 aromatic rings. The second kappa shape index (κ2) is 18.4. The van der Waals surface area contributed by atoms with Crippen molar-refractivity contribution in [3.63, 3.8) is 0 Å². The van der Waals surface area contributed by atoms with Gasteiger partial charge in [0.1, 0.15) is 12.2 Å². The summed E-state index contributed by atoms with van der Waals surface area (Å²) in [5.41, 5.74) is 6.78. The van der Waals surface area contributed by atoms with E-state index in [0.717, 1.165) is 18.4 Å². The van der Waals surface area contributed by atoms with Crippen molar-refractivity contribution in [2.24, 2.45) is 5.73 Å². The van der Waals surface area contributed by atoms with Gasteiger partial charge < -0.3 is 46.8 Å². The maximum atomic E-state index is 10.6. The maximum Gasteiger partial charge on any atom is 0.490 e. The van der Waals surface area contributed by atoms with Gasteiger partial charge >= 0.3 is 12.1 Å². The lowest BCUT2D eigenvalue weighted by atomic mass is 10.0. The van der Waals surface area contributed by atoms with E-state index in [0.29, 0.717) is 19.6 Å². The minimum atomic E-state index is -5.08. The summed E-state index contributed by atoms with van der Waals surface area (Å²) in [7, 11) is 0. The summed E-state index contributed by atoms with van der Waals surface area (Å²) in [6.45, 7) is 0.362. The Kier molecular flexibility index (Phi) is 17.4. The lowest BCUT2D eigenvalue weighted by Gasteiger charge is -2.30. The Morgan fingerprint density at radius 3 is 1.81 bits per heavy atom. The van der Waals surface area contributed by atoms with E-state index in [4.69, 9.17) is 25.8 Å². The second-order valence-corrected chi connectivity index (χ2v) is 8.05. The van der Waals surface area contributed by atoms with E-state index >= 15 is 0 Å². The average molecular weight is 530 g/mol. The number of nitrogens with zero attached hydrogens (tertiary/aromatic N) is 1. The van der Waals surface area contributed by atoms with Gasteiger partial charge in [0.15, 0.2) is 0 Å². The molecule has 0 aromatic heterocycles. The monoisotopic (exact) mass is 529 g/mol. The highest BCUT2D eigenvalue weighted by Gasteiger charge is 2.38. The fraction of sp³-hybridized carbons (Fsp3) is 0.682. The third kappa shape index (κ3) is 14.6. The molecule has 210 valence electrons. The molecule has 36 heavy (non-hydrogen) atoms. The Balaban J connectivity index is 0.00000152. The molecule has 11 nitrogen and oxygen atoms in total. The van der Waals surface area contributed by atoms with E-state index < -0.39 is 49.8 Å². The van der Waals surface area contributed by atoms with Crippen LogP contribution in [-0.4, -0.2) is 123 Å². The van der Waals surface area contributed by atoms with Crippen LogP contribution < -0.4 is 11.1 Å². The van der Waals surface area contributed by atoms with Gasteiger partial charge in [0, 0.05) is 32.2 Å². The Bertz CT molecular complexity index is 685. The average Bonchev–Trinajstić information content (AvgIpc) is 2.84. The zero-order valence-corrected chi connectivity index (χ0v) is 19.8. The Labute approximate surface area is 207 Å². The van der Waals surface area contributed by atoms with Gasteiger partial charge in [-0.15, -0.1) is 0 Å². The van der Waals surface area contributed by atoms with Crippen LogP contribution >= 0.6 is 0 Å². The van der Waals surface area contributed by atoms with Crippen molar-refractivity contribution in [2.45, 2.75) is 49.5 Å². The number of carbonyl (C=O) groups is 1. The van der Waals surface area contributed by atoms with Crippen LogP contribution in [0.2, 0.25) is 0 Å². The zero-order chi connectivity index (χ0) is 27.7. The van der Waals surface area contributed by atoms with Crippen LogP contribution in [0.3, 0.4) is 0 Å². The van der Waals surface area contributed by atoms with Crippen molar-refractivity contribution >= 4 is 5.97 Å². The number of hydrogen-bond donors (Lipinski definition) is 9. The number of hydrogen-bond acceptors (Lipinski definition) is 10. The second-order valence-electron chi connectivity index (χ2n) is 8.05. The van der Waals surface area contributed by atoms with E-state index in [2.05, 4.69) is 5.32 Å². The molecule has 0 aliphatic rings. The first-order valence-corrected chi connectivity index (χ1v) is 11.3. The predicted molar refractivity (Wildman–Crippen MR) is 124 cm³/mol. The first-order valence-electron chi connectivity index (χ1n) is 11.3. The number of aliphatic carboxylic acids is 1. The number of carboxylic acid groups (broad SMARTS) is 1. The Morgan fingerprint density at radius 2 is 1.42 bits per heavy atom. The molecule has 0 heterocycles. The van der Waals surface area contributed by atoms with Crippen molar-refractivity contribution in [1.29, 1.82) is 0 Å². The highest BCUT2D eigenvalue weighted by Crippen LogP contribution is 2.17. The molecule has 0 saturated carbocycles. The quantitative estimate of drug-likeness (QED) is 0.120. The number of nitrogens with one attached hydrogen (secondary N) is 1. The molecule has 0 fully saturated rings. The molecule has 1 rings (SSSR count). The highest BCUT2D eigenvalue weighted by molar-refractivity contribution is 5.73. The summed E-state index contributed by atoms with van der Waals surface area (Å²) in [6, 6.07) is 10.1. The van der Waals surface area contributed by atoms with Crippen molar-refractivity contribution in [3.05, 3.63) is 35.9 Å². The van der Waals surface area contributed by atoms with Crippen LogP contribution in [0.5, 0.6) is 0 Å². The van der Waals surface area contributed by atoms with Gasteiger partial charge in [0.2, 0.25) is 0 Å².